The molecule has 0 unspecified atom stereocenters. The first kappa shape index (κ1) is 16.9. The van der Waals surface area contributed by atoms with Crippen molar-refractivity contribution in [2.75, 3.05) is 5.32 Å². The highest BCUT2D eigenvalue weighted by Gasteiger charge is 2.46. The first-order valence-electron chi connectivity index (χ1n) is 6.31. The third-order valence-corrected chi connectivity index (χ3v) is 3.33. The highest BCUT2D eigenvalue weighted by Crippen LogP contribution is 2.42. The van der Waals surface area contributed by atoms with E-state index in [1.165, 1.54) is 0 Å². The molecular formula is C14H4F7NO3. The molecule has 0 bridgehead atoms. The van der Waals surface area contributed by atoms with Gasteiger partial charge in [0.2, 0.25) is 11.6 Å². The van der Waals surface area contributed by atoms with Crippen LogP contribution >= 0.6 is 0 Å². The molecule has 0 aliphatic carbocycles. The summed E-state index contributed by atoms with van der Waals surface area (Å²) in [6.45, 7) is 0. The largest absolute Gasteiger partial charge is 0.503 e. The van der Waals surface area contributed by atoms with Crippen molar-refractivity contribution in [3.63, 3.8) is 0 Å². The van der Waals surface area contributed by atoms with Crippen LogP contribution in [-0.4, -0.2) is 17.1 Å². The number of nitrogens with one attached hydrogen (secondary N) is 1. The lowest BCUT2D eigenvalue weighted by Crippen LogP contribution is -2.43. The van der Waals surface area contributed by atoms with Gasteiger partial charge in [-0.15, -0.1) is 0 Å². The Morgan fingerprint density at radius 3 is 2.08 bits per heavy atom. The first-order valence-corrected chi connectivity index (χ1v) is 6.31. The molecule has 2 N–H and O–H groups in total. The van der Waals surface area contributed by atoms with Gasteiger partial charge in [-0.1, -0.05) is 0 Å². The van der Waals surface area contributed by atoms with Crippen molar-refractivity contribution < 1.29 is 45.4 Å². The molecule has 1 aliphatic heterocycles. The molecule has 0 saturated heterocycles. The van der Waals surface area contributed by atoms with E-state index < -0.39 is 69.4 Å². The van der Waals surface area contributed by atoms with Gasteiger partial charge >= 0.3 is 12.0 Å². The number of rotatable bonds is 1. The number of fused-ring (bicyclic) bond motifs is 1. The number of benzene rings is 2. The molecular weight excluding hydrogens is 363 g/mol. The van der Waals surface area contributed by atoms with E-state index in [1.54, 1.807) is 5.32 Å². The van der Waals surface area contributed by atoms with Crippen LogP contribution in [0.2, 0.25) is 0 Å². The molecule has 4 nitrogen and oxygen atoms in total. The molecule has 2 aromatic rings. The number of amides is 1. The van der Waals surface area contributed by atoms with Gasteiger partial charge in [0.1, 0.15) is 5.82 Å². The van der Waals surface area contributed by atoms with E-state index in [-0.39, 0.29) is 6.07 Å². The summed E-state index contributed by atoms with van der Waals surface area (Å²) in [7, 11) is 0. The Bertz CT molecular complexity index is 900. The minimum absolute atomic E-state index is 0.250. The Balaban J connectivity index is 2.25. The van der Waals surface area contributed by atoms with Crippen LogP contribution in [0.5, 0.6) is 11.5 Å². The number of anilines is 1. The van der Waals surface area contributed by atoms with Crippen LogP contribution in [0.15, 0.2) is 12.1 Å². The Labute approximate surface area is 133 Å². The molecule has 3 rings (SSSR count). The van der Waals surface area contributed by atoms with Gasteiger partial charge in [-0.3, -0.25) is 4.79 Å². The number of hydrogen-bond acceptors (Lipinski definition) is 3. The number of hydrogen-bond donors (Lipinski definition) is 2. The summed E-state index contributed by atoms with van der Waals surface area (Å²) in [5, 5.41) is 10.5. The standard InChI is InChI=1S/C14H4F7NO3/c15-4-2-6-5(22-13(24)14(20,21)25-6)1-3(4)7-8(16)10(18)12(23)11(19)9(7)17/h1-2,23H,(H,22,24). The van der Waals surface area contributed by atoms with Gasteiger partial charge in [0.15, 0.2) is 23.1 Å². The van der Waals surface area contributed by atoms with Gasteiger partial charge in [0.25, 0.3) is 0 Å². The number of carbonyl (C=O) groups excluding carboxylic acids is 1. The summed E-state index contributed by atoms with van der Waals surface area (Å²) in [6, 6.07) is 0.703. The number of halogens is 7. The second-order valence-corrected chi connectivity index (χ2v) is 4.88. The third kappa shape index (κ3) is 2.42. The minimum atomic E-state index is -4.31. The van der Waals surface area contributed by atoms with Crippen LogP contribution < -0.4 is 10.1 Å². The summed E-state index contributed by atoms with van der Waals surface area (Å²) in [5.41, 5.74) is -3.25. The van der Waals surface area contributed by atoms with Gasteiger partial charge < -0.3 is 15.2 Å². The molecule has 0 aromatic heterocycles. The topological polar surface area (TPSA) is 58.6 Å². The van der Waals surface area contributed by atoms with E-state index >= 15 is 0 Å². The predicted octanol–water partition coefficient (Wildman–Crippen LogP) is 3.68. The summed E-state index contributed by atoms with van der Waals surface area (Å²) < 4.78 is 98.8. The van der Waals surface area contributed by atoms with E-state index in [0.29, 0.717) is 6.07 Å². The monoisotopic (exact) mass is 367 g/mol. The van der Waals surface area contributed by atoms with Crippen LogP contribution in [0.4, 0.5) is 36.4 Å². The Kier molecular flexibility index (Phi) is 3.55. The first-order chi connectivity index (χ1) is 11.5. The number of phenolic OH excluding ortho intramolecular Hbond substituents is 1. The van der Waals surface area contributed by atoms with Crippen LogP contribution in [0.25, 0.3) is 11.1 Å². The highest BCUT2D eigenvalue weighted by atomic mass is 19.3. The Morgan fingerprint density at radius 2 is 1.52 bits per heavy atom. The van der Waals surface area contributed by atoms with Gasteiger partial charge in [-0.05, 0) is 6.07 Å². The van der Waals surface area contributed by atoms with Crippen LogP contribution in [0.1, 0.15) is 0 Å². The number of carbonyl (C=O) groups is 1. The zero-order valence-corrected chi connectivity index (χ0v) is 11.6. The van der Waals surface area contributed by atoms with E-state index in [9.17, 15) is 35.5 Å². The Hall–Kier alpha value is -2.98. The quantitative estimate of drug-likeness (QED) is 0.597. The predicted molar refractivity (Wildman–Crippen MR) is 67.5 cm³/mol. The fourth-order valence-electron chi connectivity index (χ4n) is 2.16. The molecule has 1 heterocycles. The van der Waals surface area contributed by atoms with Crippen molar-refractivity contribution in [3.05, 3.63) is 41.2 Å². The lowest BCUT2D eigenvalue weighted by molar-refractivity contribution is -0.189. The van der Waals surface area contributed by atoms with E-state index in [1.807, 2.05) is 0 Å². The second kappa shape index (κ2) is 5.26. The maximum Gasteiger partial charge on any atom is 0.482 e. The zero-order valence-electron chi connectivity index (χ0n) is 11.6. The maximum absolute atomic E-state index is 14.1. The lowest BCUT2D eigenvalue weighted by atomic mass is 10.0. The molecule has 2 aromatic carbocycles. The molecule has 25 heavy (non-hydrogen) atoms. The second-order valence-electron chi connectivity index (χ2n) is 4.88. The van der Waals surface area contributed by atoms with Crippen molar-refractivity contribution in [2.24, 2.45) is 0 Å². The van der Waals surface area contributed by atoms with Crippen LogP contribution in [-0.2, 0) is 4.79 Å². The number of alkyl halides is 2. The van der Waals surface area contributed by atoms with Crippen molar-refractivity contribution >= 4 is 11.6 Å². The van der Waals surface area contributed by atoms with E-state index in [0.717, 1.165) is 0 Å². The van der Waals surface area contributed by atoms with Crippen molar-refractivity contribution in [1.82, 2.24) is 0 Å². The molecule has 0 saturated carbocycles. The van der Waals surface area contributed by atoms with Gasteiger partial charge in [-0.2, -0.15) is 17.6 Å². The van der Waals surface area contributed by atoms with Crippen molar-refractivity contribution in [3.8, 4) is 22.6 Å². The molecule has 0 spiro atoms. The van der Waals surface area contributed by atoms with E-state index in [4.69, 9.17) is 5.11 Å². The summed E-state index contributed by atoms with van der Waals surface area (Å²) in [5.74, 6) is -14.9. The average Bonchev–Trinajstić information content (AvgIpc) is 2.53. The summed E-state index contributed by atoms with van der Waals surface area (Å²) in [4.78, 5) is 11.1. The number of phenols is 1. The number of aromatic hydroxyl groups is 1. The third-order valence-electron chi connectivity index (χ3n) is 3.33. The smallest absolute Gasteiger partial charge is 0.482 e. The highest BCUT2D eigenvalue weighted by molar-refractivity contribution is 5.99. The van der Waals surface area contributed by atoms with E-state index in [2.05, 4.69) is 4.74 Å². The van der Waals surface area contributed by atoms with Crippen LogP contribution in [0.3, 0.4) is 0 Å². The molecule has 1 amide bonds. The fraction of sp³-hybridized carbons (Fsp3) is 0.0714. The SMILES string of the molecule is O=C1Nc2cc(-c3c(F)c(F)c(O)c(F)c3F)c(F)cc2OC1(F)F. The average molecular weight is 367 g/mol. The fourth-order valence-corrected chi connectivity index (χ4v) is 2.16. The zero-order chi connectivity index (χ0) is 18.7. The lowest BCUT2D eigenvalue weighted by Gasteiger charge is -2.25. The molecule has 132 valence electrons. The van der Waals surface area contributed by atoms with Gasteiger partial charge in [-0.25, -0.2) is 13.2 Å². The minimum Gasteiger partial charge on any atom is -0.503 e. The van der Waals surface area contributed by atoms with Gasteiger partial charge in [0, 0.05) is 11.6 Å². The van der Waals surface area contributed by atoms with Crippen molar-refractivity contribution in [1.29, 1.82) is 0 Å². The maximum atomic E-state index is 14.1. The number of ether oxygens (including phenoxy) is 1. The molecule has 11 heteroatoms. The molecule has 1 aliphatic rings. The normalized spacial score (nSPS) is 15.4. The summed E-state index contributed by atoms with van der Waals surface area (Å²) in [6.07, 6.45) is -4.31. The van der Waals surface area contributed by atoms with Gasteiger partial charge in [0.05, 0.1) is 11.3 Å². The van der Waals surface area contributed by atoms with Crippen LogP contribution in [0, 0.1) is 29.1 Å². The summed E-state index contributed by atoms with van der Waals surface area (Å²) >= 11 is 0. The molecule has 0 radical (unpaired) electrons. The van der Waals surface area contributed by atoms with Crippen molar-refractivity contribution in [2.45, 2.75) is 6.11 Å². The molecule has 0 fully saturated rings. The molecule has 0 atom stereocenters. The Morgan fingerprint density at radius 1 is 0.960 bits per heavy atom.